The van der Waals surface area contributed by atoms with Crippen LogP contribution in [-0.2, 0) is 12.8 Å². The number of nitrogen functional groups attached to an aromatic ring is 1. The van der Waals surface area contributed by atoms with Crippen LogP contribution in [0.15, 0.2) is 10.5 Å². The van der Waals surface area contributed by atoms with E-state index in [2.05, 4.69) is 29.8 Å². The molecule has 3 aromatic heterocycles. The van der Waals surface area contributed by atoms with Crippen molar-refractivity contribution >= 4 is 40.1 Å². The lowest BCUT2D eigenvalue weighted by Gasteiger charge is -2.04. The lowest BCUT2D eigenvalue weighted by Crippen LogP contribution is -2.11. The van der Waals surface area contributed by atoms with Gasteiger partial charge in [-0.2, -0.15) is 9.47 Å². The minimum atomic E-state index is 0.576. The van der Waals surface area contributed by atoms with Gasteiger partial charge in [0.05, 0.1) is 17.3 Å². The van der Waals surface area contributed by atoms with Crippen molar-refractivity contribution in [3.8, 4) is 0 Å². The minimum absolute atomic E-state index is 0.576. The van der Waals surface area contributed by atoms with E-state index in [1.807, 2.05) is 14.0 Å². The van der Waals surface area contributed by atoms with Gasteiger partial charge in [-0.3, -0.25) is 4.68 Å². The summed E-state index contributed by atoms with van der Waals surface area (Å²) in [5.74, 6) is 8.13. The summed E-state index contributed by atoms with van der Waals surface area (Å²) >= 11 is 2.93. The van der Waals surface area contributed by atoms with Crippen LogP contribution in [0.5, 0.6) is 0 Å². The number of fused-ring (bicyclic) bond motifs is 1. The second-order valence-electron chi connectivity index (χ2n) is 4.03. The molecule has 0 radical (unpaired) electrons. The Bertz CT molecular complexity index is 749. The van der Waals surface area contributed by atoms with E-state index in [9.17, 15) is 0 Å². The molecule has 0 atom stereocenters. The van der Waals surface area contributed by atoms with E-state index >= 15 is 0 Å². The van der Waals surface area contributed by atoms with Gasteiger partial charge in [0.1, 0.15) is 11.6 Å². The first-order chi connectivity index (χ1) is 9.67. The first-order valence-electron chi connectivity index (χ1n) is 5.75. The summed E-state index contributed by atoms with van der Waals surface area (Å²) in [6.45, 7) is 1.87. The quantitative estimate of drug-likeness (QED) is 0.419. The van der Waals surface area contributed by atoms with Crippen molar-refractivity contribution in [3.05, 3.63) is 17.8 Å². The molecule has 0 amide bonds. The third-order valence-corrected chi connectivity index (χ3v) is 4.53. The van der Waals surface area contributed by atoms with E-state index in [4.69, 9.17) is 5.84 Å². The maximum atomic E-state index is 5.50. The SMILES string of the molecule is Cc1nsc(SCc2nc(NN)c3cnn(C)c3n2)n1. The van der Waals surface area contributed by atoms with E-state index in [0.717, 1.165) is 21.2 Å². The third kappa shape index (κ3) is 2.44. The van der Waals surface area contributed by atoms with Crippen LogP contribution in [0.3, 0.4) is 0 Å². The number of aromatic nitrogens is 6. The highest BCUT2D eigenvalue weighted by molar-refractivity contribution is 8.00. The molecule has 0 saturated carbocycles. The number of hydrazine groups is 1. The van der Waals surface area contributed by atoms with Crippen molar-refractivity contribution in [2.24, 2.45) is 12.9 Å². The molecule has 3 rings (SSSR count). The normalized spacial score (nSPS) is 11.2. The van der Waals surface area contributed by atoms with Crippen LogP contribution < -0.4 is 11.3 Å². The summed E-state index contributed by atoms with van der Waals surface area (Å²) in [4.78, 5) is 13.2. The highest BCUT2D eigenvalue weighted by atomic mass is 32.2. The number of nitrogens with one attached hydrogen (secondary N) is 1. The van der Waals surface area contributed by atoms with Crippen LogP contribution in [0.2, 0.25) is 0 Å². The Kier molecular flexibility index (Phi) is 3.51. The standard InChI is InChI=1S/C10H12N8S2/c1-5-13-10(20-17-5)19-4-7-14-8(16-11)6-3-12-18(2)9(6)15-7/h3H,4,11H2,1-2H3,(H,14,15,16). The van der Waals surface area contributed by atoms with Gasteiger partial charge in [0, 0.05) is 7.05 Å². The van der Waals surface area contributed by atoms with Gasteiger partial charge in [-0.15, -0.1) is 0 Å². The van der Waals surface area contributed by atoms with Crippen LogP contribution >= 0.6 is 23.3 Å². The predicted octanol–water partition coefficient (Wildman–Crippen LogP) is 1.10. The lowest BCUT2D eigenvalue weighted by atomic mass is 10.4. The summed E-state index contributed by atoms with van der Waals surface area (Å²) in [6.07, 6.45) is 1.69. The van der Waals surface area contributed by atoms with Crippen molar-refractivity contribution in [2.45, 2.75) is 17.0 Å². The average Bonchev–Trinajstić information content (AvgIpc) is 3.03. The van der Waals surface area contributed by atoms with Gasteiger partial charge in [0.25, 0.3) is 0 Å². The molecule has 0 aliphatic carbocycles. The van der Waals surface area contributed by atoms with Gasteiger partial charge < -0.3 is 5.43 Å². The molecular weight excluding hydrogens is 296 g/mol. The molecule has 0 fully saturated rings. The average molecular weight is 308 g/mol. The number of hydrogen-bond acceptors (Lipinski definition) is 9. The monoisotopic (exact) mass is 308 g/mol. The summed E-state index contributed by atoms with van der Waals surface area (Å²) < 4.78 is 6.74. The summed E-state index contributed by atoms with van der Waals surface area (Å²) in [7, 11) is 1.83. The van der Waals surface area contributed by atoms with Gasteiger partial charge in [-0.1, -0.05) is 11.8 Å². The van der Waals surface area contributed by atoms with E-state index in [1.54, 1.807) is 22.6 Å². The second kappa shape index (κ2) is 5.31. The van der Waals surface area contributed by atoms with Gasteiger partial charge in [-0.25, -0.2) is 20.8 Å². The molecule has 0 unspecified atom stereocenters. The fourth-order valence-corrected chi connectivity index (χ4v) is 3.21. The highest BCUT2D eigenvalue weighted by Crippen LogP contribution is 2.25. The third-order valence-electron chi connectivity index (χ3n) is 2.61. The number of aryl methyl sites for hydroxylation is 2. The molecule has 0 aliphatic heterocycles. The summed E-state index contributed by atoms with van der Waals surface area (Å²) in [6, 6.07) is 0. The maximum absolute atomic E-state index is 5.50. The van der Waals surface area contributed by atoms with Gasteiger partial charge in [-0.05, 0) is 18.5 Å². The zero-order valence-electron chi connectivity index (χ0n) is 10.9. The first kappa shape index (κ1) is 13.2. The molecule has 8 nitrogen and oxygen atoms in total. The minimum Gasteiger partial charge on any atom is -0.308 e. The molecule has 0 aromatic carbocycles. The van der Waals surface area contributed by atoms with Crippen molar-refractivity contribution in [2.75, 3.05) is 5.43 Å². The zero-order chi connectivity index (χ0) is 14.1. The molecule has 0 bridgehead atoms. The van der Waals surface area contributed by atoms with E-state index in [1.165, 1.54) is 11.5 Å². The number of hydrogen-bond donors (Lipinski definition) is 2. The number of nitrogens with zero attached hydrogens (tertiary/aromatic N) is 6. The Morgan fingerprint density at radius 3 is 2.95 bits per heavy atom. The van der Waals surface area contributed by atoms with Crippen LogP contribution in [-0.4, -0.2) is 29.1 Å². The highest BCUT2D eigenvalue weighted by Gasteiger charge is 2.11. The van der Waals surface area contributed by atoms with Gasteiger partial charge in [0.2, 0.25) is 0 Å². The molecule has 10 heteroatoms. The van der Waals surface area contributed by atoms with Crippen LogP contribution in [0.1, 0.15) is 11.6 Å². The molecule has 0 spiro atoms. The molecule has 3 aromatic rings. The summed E-state index contributed by atoms with van der Waals surface area (Å²) in [5.41, 5.74) is 3.33. The van der Waals surface area contributed by atoms with E-state index < -0.39 is 0 Å². The Morgan fingerprint density at radius 1 is 1.40 bits per heavy atom. The summed E-state index contributed by atoms with van der Waals surface area (Å²) in [5, 5.41) is 4.96. The van der Waals surface area contributed by atoms with Crippen molar-refractivity contribution < 1.29 is 0 Å². The molecule has 20 heavy (non-hydrogen) atoms. The van der Waals surface area contributed by atoms with Crippen molar-refractivity contribution in [3.63, 3.8) is 0 Å². The number of anilines is 1. The zero-order valence-corrected chi connectivity index (χ0v) is 12.5. The first-order valence-corrected chi connectivity index (χ1v) is 7.51. The number of nitrogens with two attached hydrogens (primary N) is 1. The van der Waals surface area contributed by atoms with Gasteiger partial charge in [0.15, 0.2) is 15.8 Å². The molecule has 3 heterocycles. The van der Waals surface area contributed by atoms with E-state index in [0.29, 0.717) is 17.4 Å². The molecule has 0 saturated heterocycles. The second-order valence-corrected chi connectivity index (χ2v) is 6.01. The fourth-order valence-electron chi connectivity index (χ4n) is 1.70. The Balaban J connectivity index is 1.89. The van der Waals surface area contributed by atoms with Crippen LogP contribution in [0.4, 0.5) is 5.82 Å². The molecule has 3 N–H and O–H groups in total. The molecule has 0 aliphatic rings. The predicted molar refractivity (Wildman–Crippen MR) is 78.3 cm³/mol. The Morgan fingerprint density at radius 2 is 2.25 bits per heavy atom. The van der Waals surface area contributed by atoms with E-state index in [-0.39, 0.29) is 0 Å². The Labute approximate surface area is 123 Å². The number of thioether (sulfide) groups is 1. The van der Waals surface area contributed by atoms with Crippen LogP contribution in [0.25, 0.3) is 11.0 Å². The maximum Gasteiger partial charge on any atom is 0.170 e. The lowest BCUT2D eigenvalue weighted by molar-refractivity contribution is 0.782. The number of rotatable bonds is 4. The molecular formula is C10H12N8S2. The molecule has 104 valence electrons. The topological polar surface area (TPSA) is 107 Å². The largest absolute Gasteiger partial charge is 0.308 e. The van der Waals surface area contributed by atoms with Crippen molar-refractivity contribution in [1.82, 2.24) is 29.1 Å². The smallest absolute Gasteiger partial charge is 0.170 e. The van der Waals surface area contributed by atoms with Crippen molar-refractivity contribution in [1.29, 1.82) is 0 Å². The van der Waals surface area contributed by atoms with Crippen LogP contribution in [0, 0.1) is 6.92 Å². The fraction of sp³-hybridized carbons (Fsp3) is 0.300. The van der Waals surface area contributed by atoms with Gasteiger partial charge >= 0.3 is 0 Å². The Hall–Kier alpha value is -1.78.